The predicted molar refractivity (Wildman–Crippen MR) is 104 cm³/mol. The van der Waals surface area contributed by atoms with Crippen LogP contribution in [0.5, 0.6) is 5.75 Å². The third kappa shape index (κ3) is 4.03. The molecule has 1 N–H and O–H groups in total. The summed E-state index contributed by atoms with van der Waals surface area (Å²) < 4.78 is 15.7. The first kappa shape index (κ1) is 19.9. The van der Waals surface area contributed by atoms with Crippen molar-refractivity contribution in [1.29, 1.82) is 0 Å². The molecule has 1 amide bonds. The molecule has 2 aromatic carbocycles. The fourth-order valence-corrected chi connectivity index (χ4v) is 2.77. The zero-order valence-corrected chi connectivity index (χ0v) is 15.9. The van der Waals surface area contributed by atoms with Crippen molar-refractivity contribution >= 4 is 34.2 Å². The van der Waals surface area contributed by atoms with Gasteiger partial charge in [-0.15, -0.1) is 0 Å². The molecule has 3 rings (SSSR count). The van der Waals surface area contributed by atoms with Crippen molar-refractivity contribution in [2.45, 2.75) is 20.0 Å². The van der Waals surface area contributed by atoms with E-state index in [1.807, 2.05) is 12.1 Å². The molecule has 0 aliphatic carbocycles. The molecule has 150 valence electrons. The van der Waals surface area contributed by atoms with E-state index in [9.17, 15) is 19.7 Å². The largest absolute Gasteiger partial charge is 0.496 e. The second-order valence-electron chi connectivity index (χ2n) is 6.23. The Bertz CT molecular complexity index is 1100. The second-order valence-corrected chi connectivity index (χ2v) is 6.23. The SMILES string of the molecule is COc1ccc(NC(=O)[C@H](C)OC(=O)c2oc3ccccc3c2C)c([N+](=O)[O-])c1. The van der Waals surface area contributed by atoms with Crippen LogP contribution in [0.4, 0.5) is 11.4 Å². The number of esters is 1. The minimum absolute atomic E-state index is 0.00118. The van der Waals surface area contributed by atoms with Crippen LogP contribution in [0.2, 0.25) is 0 Å². The van der Waals surface area contributed by atoms with Crippen LogP contribution in [-0.4, -0.2) is 30.0 Å². The first-order chi connectivity index (χ1) is 13.8. The van der Waals surface area contributed by atoms with Gasteiger partial charge in [-0.05, 0) is 32.0 Å². The average Bonchev–Trinajstić information content (AvgIpc) is 3.05. The number of nitro benzene ring substituents is 1. The van der Waals surface area contributed by atoms with Gasteiger partial charge >= 0.3 is 5.97 Å². The monoisotopic (exact) mass is 398 g/mol. The number of nitrogens with zero attached hydrogens (tertiary/aromatic N) is 1. The summed E-state index contributed by atoms with van der Waals surface area (Å²) in [4.78, 5) is 35.4. The highest BCUT2D eigenvalue weighted by molar-refractivity contribution is 6.00. The van der Waals surface area contributed by atoms with E-state index >= 15 is 0 Å². The van der Waals surface area contributed by atoms with E-state index in [1.165, 1.54) is 32.2 Å². The predicted octanol–water partition coefficient (Wildman–Crippen LogP) is 3.84. The summed E-state index contributed by atoms with van der Waals surface area (Å²) in [5.41, 5.74) is 0.750. The number of nitro groups is 1. The number of nitrogens with one attached hydrogen (secondary N) is 1. The summed E-state index contributed by atoms with van der Waals surface area (Å²) in [5, 5.41) is 14.4. The Balaban J connectivity index is 1.74. The molecule has 0 saturated carbocycles. The minimum atomic E-state index is -1.21. The van der Waals surface area contributed by atoms with Crippen molar-refractivity contribution in [3.05, 3.63) is 63.9 Å². The number of carbonyl (C=O) groups is 2. The zero-order valence-electron chi connectivity index (χ0n) is 15.9. The molecule has 29 heavy (non-hydrogen) atoms. The number of para-hydroxylation sites is 1. The topological polar surface area (TPSA) is 121 Å². The molecular formula is C20H18N2O7. The van der Waals surface area contributed by atoms with Gasteiger partial charge in [0, 0.05) is 10.9 Å². The smallest absolute Gasteiger partial charge is 0.375 e. The van der Waals surface area contributed by atoms with Crippen molar-refractivity contribution in [3.63, 3.8) is 0 Å². The molecular weight excluding hydrogens is 380 g/mol. The van der Waals surface area contributed by atoms with Crippen molar-refractivity contribution < 1.29 is 28.4 Å². The van der Waals surface area contributed by atoms with Crippen LogP contribution in [0.1, 0.15) is 23.0 Å². The molecule has 0 radical (unpaired) electrons. The van der Waals surface area contributed by atoms with Crippen LogP contribution >= 0.6 is 0 Å². The normalized spacial score (nSPS) is 11.7. The maximum Gasteiger partial charge on any atom is 0.375 e. The lowest BCUT2D eigenvalue weighted by Gasteiger charge is -2.13. The Kier molecular flexibility index (Phi) is 5.49. The van der Waals surface area contributed by atoms with Crippen LogP contribution in [-0.2, 0) is 9.53 Å². The number of benzene rings is 2. The van der Waals surface area contributed by atoms with E-state index in [0.717, 1.165) is 5.39 Å². The van der Waals surface area contributed by atoms with Gasteiger partial charge in [-0.25, -0.2) is 4.79 Å². The van der Waals surface area contributed by atoms with E-state index in [4.69, 9.17) is 13.9 Å². The molecule has 0 fully saturated rings. The molecule has 1 atom stereocenters. The Morgan fingerprint density at radius 1 is 1.21 bits per heavy atom. The molecule has 9 nitrogen and oxygen atoms in total. The quantitative estimate of drug-likeness (QED) is 0.380. The number of anilines is 1. The number of rotatable bonds is 6. The number of hydrogen-bond acceptors (Lipinski definition) is 7. The van der Waals surface area contributed by atoms with Crippen molar-refractivity contribution in [1.82, 2.24) is 0 Å². The number of ether oxygens (including phenoxy) is 2. The number of carbonyl (C=O) groups excluding carboxylic acids is 2. The minimum Gasteiger partial charge on any atom is -0.496 e. The lowest BCUT2D eigenvalue weighted by Crippen LogP contribution is -2.30. The molecule has 0 bridgehead atoms. The van der Waals surface area contributed by atoms with E-state index in [-0.39, 0.29) is 22.9 Å². The van der Waals surface area contributed by atoms with Gasteiger partial charge in [0.05, 0.1) is 18.1 Å². The Hall–Kier alpha value is -3.88. The van der Waals surface area contributed by atoms with Crippen LogP contribution in [0, 0.1) is 17.0 Å². The van der Waals surface area contributed by atoms with E-state index < -0.39 is 22.9 Å². The Morgan fingerprint density at radius 2 is 1.93 bits per heavy atom. The lowest BCUT2D eigenvalue weighted by atomic mass is 10.1. The summed E-state index contributed by atoms with van der Waals surface area (Å²) >= 11 is 0. The fraction of sp³-hybridized carbons (Fsp3) is 0.200. The van der Waals surface area contributed by atoms with Gasteiger partial charge in [-0.2, -0.15) is 0 Å². The average molecular weight is 398 g/mol. The Morgan fingerprint density at radius 3 is 2.59 bits per heavy atom. The van der Waals surface area contributed by atoms with Gasteiger partial charge in [-0.3, -0.25) is 14.9 Å². The molecule has 0 unspecified atom stereocenters. The van der Waals surface area contributed by atoms with Crippen molar-refractivity contribution in [2.75, 3.05) is 12.4 Å². The second kappa shape index (κ2) is 8.01. The lowest BCUT2D eigenvalue weighted by molar-refractivity contribution is -0.384. The van der Waals surface area contributed by atoms with E-state index in [2.05, 4.69) is 5.32 Å². The van der Waals surface area contributed by atoms with Crippen molar-refractivity contribution in [3.8, 4) is 5.75 Å². The van der Waals surface area contributed by atoms with Gasteiger partial charge < -0.3 is 19.2 Å². The van der Waals surface area contributed by atoms with Gasteiger partial charge in [0.1, 0.15) is 17.0 Å². The van der Waals surface area contributed by atoms with E-state index in [0.29, 0.717) is 11.1 Å². The molecule has 0 saturated heterocycles. The Labute approximate surface area is 165 Å². The van der Waals surface area contributed by atoms with Crippen LogP contribution < -0.4 is 10.1 Å². The first-order valence-electron chi connectivity index (χ1n) is 8.64. The van der Waals surface area contributed by atoms with Gasteiger partial charge in [0.2, 0.25) is 5.76 Å². The van der Waals surface area contributed by atoms with Crippen LogP contribution in [0.3, 0.4) is 0 Å². The fourth-order valence-electron chi connectivity index (χ4n) is 2.77. The number of amides is 1. The third-order valence-electron chi connectivity index (χ3n) is 4.34. The molecule has 1 aromatic heterocycles. The third-order valence-corrected chi connectivity index (χ3v) is 4.34. The summed E-state index contributed by atoms with van der Waals surface area (Å²) in [6.07, 6.45) is -1.21. The maximum atomic E-state index is 12.4. The number of methoxy groups -OCH3 is 1. The molecule has 3 aromatic rings. The standard InChI is InChI=1S/C20H18N2O7/c1-11-14-6-4-5-7-17(14)29-18(11)20(24)28-12(2)19(23)21-15-9-8-13(27-3)10-16(15)22(25)26/h4-10,12H,1-3H3,(H,21,23)/t12-/m0/s1. The highest BCUT2D eigenvalue weighted by Gasteiger charge is 2.26. The first-order valence-corrected chi connectivity index (χ1v) is 8.64. The summed E-state index contributed by atoms with van der Waals surface area (Å²) in [6.45, 7) is 3.08. The van der Waals surface area contributed by atoms with E-state index in [1.54, 1.807) is 19.1 Å². The van der Waals surface area contributed by atoms with Crippen LogP contribution in [0.15, 0.2) is 46.9 Å². The van der Waals surface area contributed by atoms with Crippen molar-refractivity contribution in [2.24, 2.45) is 0 Å². The van der Waals surface area contributed by atoms with Gasteiger partial charge in [0.15, 0.2) is 6.10 Å². The maximum absolute atomic E-state index is 12.4. The number of furan rings is 1. The number of aryl methyl sites for hydroxylation is 1. The highest BCUT2D eigenvalue weighted by atomic mass is 16.6. The zero-order chi connectivity index (χ0) is 21.1. The summed E-state index contributed by atoms with van der Waals surface area (Å²) in [5.74, 6) is -1.25. The molecule has 9 heteroatoms. The van der Waals surface area contributed by atoms with Crippen LogP contribution in [0.25, 0.3) is 11.0 Å². The van der Waals surface area contributed by atoms with Gasteiger partial charge in [0.25, 0.3) is 11.6 Å². The highest BCUT2D eigenvalue weighted by Crippen LogP contribution is 2.29. The summed E-state index contributed by atoms with van der Waals surface area (Å²) in [6, 6.07) is 11.1. The molecule has 1 heterocycles. The molecule has 0 spiro atoms. The molecule has 0 aliphatic rings. The number of fused-ring (bicyclic) bond motifs is 1. The number of hydrogen-bond donors (Lipinski definition) is 1. The molecule has 0 aliphatic heterocycles. The van der Waals surface area contributed by atoms with Gasteiger partial charge in [-0.1, -0.05) is 18.2 Å². The summed E-state index contributed by atoms with van der Waals surface area (Å²) in [7, 11) is 1.37.